The SMILES string of the molecule is CC(C)(C)S(=O)(=O)CC1CCC(CCc2ccc(-c3nnnn3-c3ccccc3)cc2)CC1. The van der Waals surface area contributed by atoms with Crippen LogP contribution in [0.3, 0.4) is 0 Å². The number of sulfone groups is 1. The zero-order chi connectivity index (χ0) is 23.5. The number of aryl methyl sites for hydroxylation is 1. The molecule has 0 atom stereocenters. The first-order valence-corrected chi connectivity index (χ1v) is 13.5. The standard InChI is InChI=1S/C26H34N4O2S/c1-26(2,3)33(31,32)19-22-13-11-20(12-14-22)9-10-21-15-17-23(18-16-21)25-27-28-29-30(25)24-7-5-4-6-8-24/h4-8,15-18,20,22H,9-14,19H2,1-3H3. The van der Waals surface area contributed by atoms with E-state index in [-0.39, 0.29) is 0 Å². The van der Waals surface area contributed by atoms with Gasteiger partial charge in [0, 0.05) is 5.56 Å². The molecule has 3 aromatic rings. The topological polar surface area (TPSA) is 77.7 Å². The van der Waals surface area contributed by atoms with Gasteiger partial charge in [-0.1, -0.05) is 55.3 Å². The summed E-state index contributed by atoms with van der Waals surface area (Å²) in [4.78, 5) is 0. The van der Waals surface area contributed by atoms with Crippen LogP contribution in [0.4, 0.5) is 0 Å². The zero-order valence-electron chi connectivity index (χ0n) is 19.8. The molecule has 0 amide bonds. The van der Waals surface area contributed by atoms with E-state index in [0.717, 1.165) is 55.6 Å². The molecule has 0 saturated heterocycles. The highest BCUT2D eigenvalue weighted by Gasteiger charge is 2.33. The van der Waals surface area contributed by atoms with E-state index >= 15 is 0 Å². The lowest BCUT2D eigenvalue weighted by Gasteiger charge is -2.30. The van der Waals surface area contributed by atoms with E-state index in [1.54, 1.807) is 25.5 Å². The van der Waals surface area contributed by atoms with E-state index in [1.165, 1.54) is 5.56 Å². The fraction of sp³-hybridized carbons (Fsp3) is 0.500. The molecular weight excluding hydrogens is 432 g/mol. The number of tetrazole rings is 1. The van der Waals surface area contributed by atoms with Crippen LogP contribution in [0.1, 0.15) is 58.4 Å². The van der Waals surface area contributed by atoms with Gasteiger partial charge in [0.15, 0.2) is 15.7 Å². The molecule has 0 unspecified atom stereocenters. The quantitative estimate of drug-likeness (QED) is 0.473. The number of nitrogens with zero attached hydrogens (tertiary/aromatic N) is 4. The number of rotatable bonds is 7. The second-order valence-corrected chi connectivity index (χ2v) is 13.1. The van der Waals surface area contributed by atoms with Gasteiger partial charge in [0.25, 0.3) is 0 Å². The molecule has 176 valence electrons. The van der Waals surface area contributed by atoms with Crippen molar-refractivity contribution in [3.05, 3.63) is 60.2 Å². The first-order valence-electron chi connectivity index (χ1n) is 11.9. The average Bonchev–Trinajstić information content (AvgIpc) is 3.29. The van der Waals surface area contributed by atoms with Crippen molar-refractivity contribution in [2.24, 2.45) is 11.8 Å². The molecular formula is C26H34N4O2S. The lowest BCUT2D eigenvalue weighted by atomic mass is 9.80. The maximum absolute atomic E-state index is 12.5. The van der Waals surface area contributed by atoms with E-state index < -0.39 is 14.6 Å². The van der Waals surface area contributed by atoms with E-state index in [1.807, 2.05) is 30.3 Å². The van der Waals surface area contributed by atoms with Crippen LogP contribution in [-0.2, 0) is 16.3 Å². The fourth-order valence-electron chi connectivity index (χ4n) is 4.55. The highest BCUT2D eigenvalue weighted by Crippen LogP contribution is 2.34. The van der Waals surface area contributed by atoms with Crippen LogP contribution in [0.5, 0.6) is 0 Å². The molecule has 7 heteroatoms. The Morgan fingerprint density at radius 1 is 0.909 bits per heavy atom. The predicted molar refractivity (Wildman–Crippen MR) is 132 cm³/mol. The smallest absolute Gasteiger partial charge is 0.187 e. The summed E-state index contributed by atoms with van der Waals surface area (Å²) < 4.78 is 26.1. The molecule has 1 aliphatic carbocycles. The van der Waals surface area contributed by atoms with Crippen LogP contribution >= 0.6 is 0 Å². The van der Waals surface area contributed by atoms with Crippen LogP contribution in [0.15, 0.2) is 54.6 Å². The normalized spacial score (nSPS) is 19.5. The minimum absolute atomic E-state index is 0.320. The van der Waals surface area contributed by atoms with Crippen molar-refractivity contribution >= 4 is 9.84 Å². The Kier molecular flexibility index (Phi) is 6.98. The fourth-order valence-corrected chi connectivity index (χ4v) is 6.00. The number of hydrogen-bond donors (Lipinski definition) is 0. The molecule has 1 aromatic heterocycles. The Bertz CT molecular complexity index is 1140. The zero-order valence-corrected chi connectivity index (χ0v) is 20.6. The van der Waals surface area contributed by atoms with Gasteiger partial charge < -0.3 is 0 Å². The molecule has 0 bridgehead atoms. The highest BCUT2D eigenvalue weighted by molar-refractivity contribution is 7.92. The van der Waals surface area contributed by atoms with Crippen LogP contribution < -0.4 is 0 Å². The second kappa shape index (κ2) is 9.75. The Morgan fingerprint density at radius 2 is 1.55 bits per heavy atom. The molecule has 6 nitrogen and oxygen atoms in total. The lowest BCUT2D eigenvalue weighted by molar-refractivity contribution is 0.278. The summed E-state index contributed by atoms with van der Waals surface area (Å²) in [5.41, 5.74) is 3.25. The monoisotopic (exact) mass is 466 g/mol. The number of benzene rings is 2. The number of para-hydroxylation sites is 1. The van der Waals surface area contributed by atoms with Gasteiger partial charge in [0.2, 0.25) is 0 Å². The number of aromatic nitrogens is 4. The van der Waals surface area contributed by atoms with Crippen LogP contribution in [0.25, 0.3) is 17.1 Å². The third-order valence-electron chi connectivity index (χ3n) is 6.88. The minimum atomic E-state index is -3.03. The van der Waals surface area contributed by atoms with Crippen LogP contribution in [0, 0.1) is 11.8 Å². The van der Waals surface area contributed by atoms with Crippen molar-refractivity contribution in [2.75, 3.05) is 5.75 Å². The van der Waals surface area contributed by atoms with Gasteiger partial charge in [-0.05, 0) is 86.4 Å². The second-order valence-electron chi connectivity index (χ2n) is 10.3. The molecule has 2 aromatic carbocycles. The predicted octanol–water partition coefficient (Wildman–Crippen LogP) is 5.28. The summed E-state index contributed by atoms with van der Waals surface area (Å²) in [5, 5.41) is 12.2. The Balaban J connectivity index is 1.30. The minimum Gasteiger partial charge on any atom is -0.228 e. The lowest BCUT2D eigenvalue weighted by Crippen LogP contribution is -2.34. The molecule has 0 spiro atoms. The molecule has 4 rings (SSSR count). The van der Waals surface area contributed by atoms with Crippen molar-refractivity contribution in [1.29, 1.82) is 0 Å². The van der Waals surface area contributed by atoms with E-state index in [9.17, 15) is 8.42 Å². The summed E-state index contributed by atoms with van der Waals surface area (Å²) in [6.45, 7) is 5.42. The third kappa shape index (κ3) is 5.69. The number of hydrogen-bond acceptors (Lipinski definition) is 5. The van der Waals surface area contributed by atoms with Gasteiger partial charge in [-0.25, -0.2) is 8.42 Å². The van der Waals surface area contributed by atoms with Crippen molar-refractivity contribution < 1.29 is 8.42 Å². The Hall–Kier alpha value is -2.54. The van der Waals surface area contributed by atoms with Crippen LogP contribution in [0.2, 0.25) is 0 Å². The summed E-state index contributed by atoms with van der Waals surface area (Å²) in [6, 6.07) is 18.4. The largest absolute Gasteiger partial charge is 0.228 e. The van der Waals surface area contributed by atoms with Gasteiger partial charge in [-0.15, -0.1) is 5.10 Å². The average molecular weight is 467 g/mol. The van der Waals surface area contributed by atoms with Gasteiger partial charge >= 0.3 is 0 Å². The third-order valence-corrected chi connectivity index (χ3v) is 9.65. The summed E-state index contributed by atoms with van der Waals surface area (Å²) in [6.07, 6.45) is 6.52. The van der Waals surface area contributed by atoms with Crippen molar-refractivity contribution in [3.8, 4) is 17.1 Å². The van der Waals surface area contributed by atoms with E-state index in [2.05, 4.69) is 39.8 Å². The molecule has 33 heavy (non-hydrogen) atoms. The maximum Gasteiger partial charge on any atom is 0.187 e. The summed E-state index contributed by atoms with van der Waals surface area (Å²) in [5.74, 6) is 2.08. The van der Waals surface area contributed by atoms with Crippen molar-refractivity contribution in [1.82, 2.24) is 20.2 Å². The molecule has 0 aliphatic heterocycles. The van der Waals surface area contributed by atoms with Gasteiger partial charge in [-0.2, -0.15) is 4.68 Å². The van der Waals surface area contributed by atoms with E-state index in [0.29, 0.717) is 17.6 Å². The van der Waals surface area contributed by atoms with E-state index in [4.69, 9.17) is 0 Å². The first kappa shape index (κ1) is 23.6. The first-order chi connectivity index (χ1) is 15.7. The molecule has 1 saturated carbocycles. The summed E-state index contributed by atoms with van der Waals surface area (Å²) in [7, 11) is -3.03. The van der Waals surface area contributed by atoms with Crippen molar-refractivity contribution in [3.63, 3.8) is 0 Å². The molecule has 0 radical (unpaired) electrons. The Morgan fingerprint density at radius 3 is 2.18 bits per heavy atom. The van der Waals surface area contributed by atoms with Gasteiger partial charge in [0.1, 0.15) is 0 Å². The molecule has 1 heterocycles. The highest BCUT2D eigenvalue weighted by atomic mass is 32.2. The Labute approximate surface area is 197 Å². The van der Waals surface area contributed by atoms with Crippen LogP contribution in [-0.4, -0.2) is 39.1 Å². The van der Waals surface area contributed by atoms with Gasteiger partial charge in [-0.3, -0.25) is 0 Å². The van der Waals surface area contributed by atoms with Gasteiger partial charge in [0.05, 0.1) is 16.2 Å². The maximum atomic E-state index is 12.5. The molecule has 1 aliphatic rings. The summed E-state index contributed by atoms with van der Waals surface area (Å²) >= 11 is 0. The molecule has 1 fully saturated rings. The van der Waals surface area contributed by atoms with Crippen molar-refractivity contribution in [2.45, 2.75) is 64.0 Å². The molecule has 0 N–H and O–H groups in total.